The molecule has 140 valence electrons. The second kappa shape index (κ2) is 7.80. The number of hydrogen-bond acceptors (Lipinski definition) is 5. The molecule has 0 spiro atoms. The first-order chi connectivity index (χ1) is 12.9. The molecular weight excluding hydrogens is 375 g/mol. The predicted octanol–water partition coefficient (Wildman–Crippen LogP) is 4.58. The standard InChI is InChI=1S/C20H16ClFO5/c1-3-25-20(24)11(2)26-13-5-7-15-16(10-19(23)27-18(15)9-13)14-6-4-12(22)8-17(14)21/h4-11H,3H2,1-2H3. The molecule has 0 saturated carbocycles. The fraction of sp³-hybridized carbons (Fsp3) is 0.200. The molecule has 0 N–H and O–H groups in total. The highest BCUT2D eigenvalue weighted by atomic mass is 35.5. The van der Waals surface area contributed by atoms with Crippen LogP contribution >= 0.6 is 11.6 Å². The Morgan fingerprint density at radius 3 is 2.67 bits per heavy atom. The van der Waals surface area contributed by atoms with E-state index in [-0.39, 0.29) is 17.2 Å². The van der Waals surface area contributed by atoms with Crippen molar-refractivity contribution in [2.75, 3.05) is 6.61 Å². The third-order valence-electron chi connectivity index (χ3n) is 3.87. The first-order valence-corrected chi connectivity index (χ1v) is 8.63. The lowest BCUT2D eigenvalue weighted by molar-refractivity contribution is -0.150. The van der Waals surface area contributed by atoms with E-state index in [9.17, 15) is 14.0 Å². The van der Waals surface area contributed by atoms with Gasteiger partial charge in [0.05, 0.1) is 11.6 Å². The van der Waals surface area contributed by atoms with E-state index in [2.05, 4.69) is 0 Å². The van der Waals surface area contributed by atoms with E-state index < -0.39 is 23.5 Å². The normalized spacial score (nSPS) is 12.0. The van der Waals surface area contributed by atoms with Crippen LogP contribution in [0.3, 0.4) is 0 Å². The van der Waals surface area contributed by atoms with E-state index in [0.717, 1.165) is 0 Å². The van der Waals surface area contributed by atoms with Crippen LogP contribution in [0, 0.1) is 5.82 Å². The van der Waals surface area contributed by atoms with Crippen LogP contribution in [0.1, 0.15) is 13.8 Å². The van der Waals surface area contributed by atoms with Crippen LogP contribution in [-0.2, 0) is 9.53 Å². The molecule has 0 aliphatic carbocycles. The Morgan fingerprint density at radius 2 is 1.96 bits per heavy atom. The summed E-state index contributed by atoms with van der Waals surface area (Å²) < 4.78 is 29.0. The maximum absolute atomic E-state index is 13.3. The van der Waals surface area contributed by atoms with Crippen molar-refractivity contribution in [3.8, 4) is 16.9 Å². The topological polar surface area (TPSA) is 65.7 Å². The molecule has 1 atom stereocenters. The Balaban J connectivity index is 2.03. The second-order valence-electron chi connectivity index (χ2n) is 5.77. The number of fused-ring (bicyclic) bond motifs is 1. The summed E-state index contributed by atoms with van der Waals surface area (Å²) >= 11 is 6.13. The largest absolute Gasteiger partial charge is 0.479 e. The minimum atomic E-state index is -0.816. The summed E-state index contributed by atoms with van der Waals surface area (Å²) in [6.45, 7) is 3.52. The lowest BCUT2D eigenvalue weighted by Gasteiger charge is -2.14. The second-order valence-corrected chi connectivity index (χ2v) is 6.18. The minimum absolute atomic E-state index is 0.179. The Labute approximate surface area is 159 Å². The molecule has 0 aliphatic rings. The summed E-state index contributed by atoms with van der Waals surface area (Å²) in [5.74, 6) is -0.626. The Kier molecular flexibility index (Phi) is 5.46. The van der Waals surface area contributed by atoms with Crippen molar-refractivity contribution in [2.24, 2.45) is 0 Å². The van der Waals surface area contributed by atoms with E-state index in [0.29, 0.717) is 22.3 Å². The molecule has 0 amide bonds. The quantitative estimate of drug-likeness (QED) is 0.471. The van der Waals surface area contributed by atoms with Gasteiger partial charge in [0.25, 0.3) is 0 Å². The lowest BCUT2D eigenvalue weighted by Crippen LogP contribution is -2.26. The number of ether oxygens (including phenoxy) is 2. The van der Waals surface area contributed by atoms with Crippen molar-refractivity contribution in [1.82, 2.24) is 0 Å². The van der Waals surface area contributed by atoms with Gasteiger partial charge in [-0.3, -0.25) is 0 Å². The van der Waals surface area contributed by atoms with Gasteiger partial charge >= 0.3 is 11.6 Å². The Hall–Kier alpha value is -2.86. The summed E-state index contributed by atoms with van der Waals surface area (Å²) in [5, 5.41) is 0.775. The zero-order chi connectivity index (χ0) is 19.6. The maximum Gasteiger partial charge on any atom is 0.347 e. The third-order valence-corrected chi connectivity index (χ3v) is 4.18. The molecular formula is C20H16ClFO5. The molecule has 3 aromatic rings. The number of halogens is 2. The number of benzene rings is 2. The molecule has 0 fully saturated rings. The van der Waals surface area contributed by atoms with Gasteiger partial charge in [-0.25, -0.2) is 14.0 Å². The highest BCUT2D eigenvalue weighted by Gasteiger charge is 2.17. The van der Waals surface area contributed by atoms with Crippen molar-refractivity contribution in [3.63, 3.8) is 0 Å². The van der Waals surface area contributed by atoms with Gasteiger partial charge in [-0.2, -0.15) is 0 Å². The number of esters is 1. The average Bonchev–Trinajstić information content (AvgIpc) is 2.61. The third kappa shape index (κ3) is 4.11. The van der Waals surface area contributed by atoms with Gasteiger partial charge in [0.2, 0.25) is 0 Å². The number of carbonyl (C=O) groups excluding carboxylic acids is 1. The molecule has 2 aromatic carbocycles. The predicted molar refractivity (Wildman–Crippen MR) is 99.6 cm³/mol. The molecule has 5 nitrogen and oxygen atoms in total. The van der Waals surface area contributed by atoms with Crippen molar-refractivity contribution in [2.45, 2.75) is 20.0 Å². The first-order valence-electron chi connectivity index (χ1n) is 8.25. The molecule has 1 unspecified atom stereocenters. The van der Waals surface area contributed by atoms with Crippen LogP contribution < -0.4 is 10.4 Å². The van der Waals surface area contributed by atoms with Crippen molar-refractivity contribution < 1.29 is 23.1 Å². The molecule has 0 saturated heterocycles. The summed E-state index contributed by atoms with van der Waals surface area (Å²) in [6, 6.07) is 10.1. The fourth-order valence-electron chi connectivity index (χ4n) is 2.66. The molecule has 0 bridgehead atoms. The summed E-state index contributed by atoms with van der Waals surface area (Å²) in [7, 11) is 0. The molecule has 7 heteroatoms. The summed E-state index contributed by atoms with van der Waals surface area (Å²) in [5.41, 5.74) is 0.681. The van der Waals surface area contributed by atoms with Crippen molar-refractivity contribution in [1.29, 1.82) is 0 Å². The van der Waals surface area contributed by atoms with Gasteiger partial charge in [-0.05, 0) is 44.2 Å². The van der Waals surface area contributed by atoms with Crippen LogP contribution in [0.15, 0.2) is 51.7 Å². The van der Waals surface area contributed by atoms with Gasteiger partial charge in [-0.1, -0.05) is 11.6 Å². The Morgan fingerprint density at radius 1 is 1.19 bits per heavy atom. The fourth-order valence-corrected chi connectivity index (χ4v) is 2.93. The van der Waals surface area contributed by atoms with E-state index in [1.165, 1.54) is 30.3 Å². The van der Waals surface area contributed by atoms with Crippen LogP contribution in [0.5, 0.6) is 5.75 Å². The lowest BCUT2D eigenvalue weighted by atomic mass is 10.0. The van der Waals surface area contributed by atoms with Gasteiger partial charge < -0.3 is 13.9 Å². The Bertz CT molecular complexity index is 1060. The molecule has 1 heterocycles. The number of carbonyl (C=O) groups is 1. The molecule has 27 heavy (non-hydrogen) atoms. The minimum Gasteiger partial charge on any atom is -0.479 e. The maximum atomic E-state index is 13.3. The molecule has 1 aromatic heterocycles. The highest BCUT2D eigenvalue weighted by Crippen LogP contribution is 2.34. The zero-order valence-electron chi connectivity index (χ0n) is 14.6. The molecule has 3 rings (SSSR count). The van der Waals surface area contributed by atoms with E-state index in [1.807, 2.05) is 0 Å². The SMILES string of the molecule is CCOC(=O)C(C)Oc1ccc2c(-c3ccc(F)cc3Cl)cc(=O)oc2c1. The zero-order valence-corrected chi connectivity index (χ0v) is 15.4. The number of rotatable bonds is 5. The smallest absolute Gasteiger partial charge is 0.347 e. The average molecular weight is 391 g/mol. The van der Waals surface area contributed by atoms with E-state index in [4.69, 9.17) is 25.5 Å². The van der Waals surface area contributed by atoms with E-state index in [1.54, 1.807) is 26.0 Å². The van der Waals surface area contributed by atoms with Crippen LogP contribution in [0.4, 0.5) is 4.39 Å². The molecule has 0 radical (unpaired) electrons. The monoisotopic (exact) mass is 390 g/mol. The highest BCUT2D eigenvalue weighted by molar-refractivity contribution is 6.33. The van der Waals surface area contributed by atoms with Crippen LogP contribution in [0.25, 0.3) is 22.1 Å². The first kappa shape index (κ1) is 18.9. The van der Waals surface area contributed by atoms with Crippen LogP contribution in [0.2, 0.25) is 5.02 Å². The van der Waals surface area contributed by atoms with Gasteiger partial charge in [0.15, 0.2) is 6.10 Å². The summed E-state index contributed by atoms with van der Waals surface area (Å²) in [4.78, 5) is 23.7. The van der Waals surface area contributed by atoms with Crippen molar-refractivity contribution in [3.05, 3.63) is 63.7 Å². The van der Waals surface area contributed by atoms with Crippen LogP contribution in [-0.4, -0.2) is 18.7 Å². The van der Waals surface area contributed by atoms with Crippen molar-refractivity contribution >= 4 is 28.5 Å². The van der Waals surface area contributed by atoms with Gasteiger partial charge in [-0.15, -0.1) is 0 Å². The van der Waals surface area contributed by atoms with E-state index >= 15 is 0 Å². The number of hydrogen-bond donors (Lipinski definition) is 0. The molecule has 0 aliphatic heterocycles. The summed E-state index contributed by atoms with van der Waals surface area (Å²) in [6.07, 6.45) is -0.816. The van der Waals surface area contributed by atoms with Gasteiger partial charge in [0.1, 0.15) is 17.1 Å². The van der Waals surface area contributed by atoms with Gasteiger partial charge in [0, 0.05) is 28.6 Å².